The first kappa shape index (κ1) is 25.7. The average molecular weight is 463 g/mol. The third-order valence-electron chi connectivity index (χ3n) is 4.39. The van der Waals surface area contributed by atoms with Gasteiger partial charge in [-0.15, -0.1) is 0 Å². The monoisotopic (exact) mass is 463 g/mol. The molecule has 0 atom stereocenters. The van der Waals surface area contributed by atoms with Crippen LogP contribution >= 0.6 is 0 Å². The van der Waals surface area contributed by atoms with Crippen molar-refractivity contribution in [2.24, 2.45) is 0 Å². The molecule has 33 heavy (non-hydrogen) atoms. The lowest BCUT2D eigenvalue weighted by molar-refractivity contribution is -0.181. The summed E-state index contributed by atoms with van der Waals surface area (Å²) < 4.78 is 20.2. The van der Waals surface area contributed by atoms with Crippen molar-refractivity contribution in [3.8, 4) is 16.9 Å². The zero-order valence-electron chi connectivity index (χ0n) is 19.5. The van der Waals surface area contributed by atoms with Crippen LogP contribution in [-0.2, 0) is 30.4 Å². The number of hydrogen-bond acceptors (Lipinski definition) is 10. The number of esters is 3. The summed E-state index contributed by atoms with van der Waals surface area (Å²) in [6, 6.07) is 4.61. The molecular weight excluding hydrogens is 434 g/mol. The second-order valence-corrected chi connectivity index (χ2v) is 8.80. The van der Waals surface area contributed by atoms with Gasteiger partial charge in [-0.05, 0) is 52.8 Å². The lowest BCUT2D eigenvalue weighted by atomic mass is 9.99. The first-order chi connectivity index (χ1) is 15.3. The van der Waals surface area contributed by atoms with Crippen LogP contribution in [0.15, 0.2) is 28.9 Å². The fourth-order valence-electron chi connectivity index (χ4n) is 2.92. The minimum Gasteiger partial charge on any atom is -0.506 e. The topological polar surface area (TPSA) is 145 Å². The first-order valence-electron chi connectivity index (χ1n) is 10.1. The number of aliphatic hydroxyl groups excluding tert-OH is 1. The van der Waals surface area contributed by atoms with Gasteiger partial charge in [0.25, 0.3) is 0 Å². The Morgan fingerprint density at radius 2 is 1.64 bits per heavy atom. The van der Waals surface area contributed by atoms with Crippen LogP contribution in [0.25, 0.3) is 11.1 Å². The Hall–Kier alpha value is -3.53. The van der Waals surface area contributed by atoms with E-state index in [4.69, 9.17) is 18.6 Å². The number of phenols is 1. The number of aromatic hydroxyl groups is 1. The molecule has 10 heteroatoms. The lowest BCUT2D eigenvalue weighted by Gasteiger charge is -2.27. The summed E-state index contributed by atoms with van der Waals surface area (Å²) in [6.07, 6.45) is 1.35. The third kappa shape index (κ3) is 6.48. The molecule has 0 radical (unpaired) electrons. The van der Waals surface area contributed by atoms with Crippen LogP contribution in [-0.4, -0.2) is 53.0 Å². The zero-order chi connectivity index (χ0) is 25.0. The van der Waals surface area contributed by atoms with Crippen LogP contribution in [0.4, 0.5) is 5.69 Å². The molecule has 2 aromatic rings. The van der Waals surface area contributed by atoms with E-state index in [2.05, 4.69) is 5.32 Å². The molecule has 10 nitrogen and oxygen atoms in total. The summed E-state index contributed by atoms with van der Waals surface area (Å²) in [5.41, 5.74) is -1.30. The van der Waals surface area contributed by atoms with Crippen molar-refractivity contribution in [3.05, 3.63) is 35.8 Å². The van der Waals surface area contributed by atoms with Gasteiger partial charge in [0.05, 0.1) is 25.6 Å². The number of carbonyl (C=O) groups excluding carboxylic acids is 3. The van der Waals surface area contributed by atoms with E-state index in [1.54, 1.807) is 40.7 Å². The van der Waals surface area contributed by atoms with Crippen LogP contribution in [0.5, 0.6) is 5.75 Å². The van der Waals surface area contributed by atoms with Gasteiger partial charge in [0.15, 0.2) is 0 Å². The van der Waals surface area contributed by atoms with Crippen molar-refractivity contribution in [3.63, 3.8) is 0 Å². The number of furan rings is 1. The molecule has 1 aromatic carbocycles. The van der Waals surface area contributed by atoms with E-state index in [1.165, 1.54) is 25.5 Å². The number of rotatable bonds is 7. The highest BCUT2D eigenvalue weighted by atomic mass is 16.6. The summed E-state index contributed by atoms with van der Waals surface area (Å²) in [5.74, 6) is -3.25. The lowest BCUT2D eigenvalue weighted by Crippen LogP contribution is -2.40. The van der Waals surface area contributed by atoms with Crippen LogP contribution in [0, 0.1) is 0 Å². The van der Waals surface area contributed by atoms with Crippen molar-refractivity contribution < 1.29 is 43.2 Å². The van der Waals surface area contributed by atoms with Crippen LogP contribution in [0.3, 0.4) is 0 Å². The van der Waals surface area contributed by atoms with E-state index in [1.807, 2.05) is 0 Å². The van der Waals surface area contributed by atoms with Crippen molar-refractivity contribution in [2.75, 3.05) is 19.0 Å². The maximum Gasteiger partial charge on any atom is 0.418 e. The highest BCUT2D eigenvalue weighted by Gasteiger charge is 2.31. The minimum atomic E-state index is -1.18. The third-order valence-corrected chi connectivity index (χ3v) is 4.39. The molecule has 0 fully saturated rings. The molecule has 2 rings (SSSR count). The maximum atomic E-state index is 12.4. The molecule has 0 bridgehead atoms. The number of ether oxygens (including phenoxy) is 3. The van der Waals surface area contributed by atoms with Crippen LogP contribution < -0.4 is 5.32 Å². The number of methoxy groups -OCH3 is 1. The van der Waals surface area contributed by atoms with Gasteiger partial charge < -0.3 is 34.2 Å². The fraction of sp³-hybridized carbons (Fsp3) is 0.435. The van der Waals surface area contributed by atoms with Gasteiger partial charge >= 0.3 is 17.9 Å². The number of hydrogen-bond donors (Lipinski definition) is 3. The van der Waals surface area contributed by atoms with Crippen molar-refractivity contribution >= 4 is 23.6 Å². The Balaban J connectivity index is 2.26. The van der Waals surface area contributed by atoms with Gasteiger partial charge in [-0.2, -0.15) is 0 Å². The minimum absolute atomic E-state index is 0.0160. The smallest absolute Gasteiger partial charge is 0.418 e. The Labute approximate surface area is 191 Å². The van der Waals surface area contributed by atoms with Gasteiger partial charge in [-0.1, -0.05) is 0 Å². The van der Waals surface area contributed by atoms with E-state index in [-0.39, 0.29) is 34.9 Å². The quantitative estimate of drug-likeness (QED) is 0.318. The number of anilines is 1. The number of phenolic OH excluding ortho intramolecular Hbond substituents is 1. The molecular formula is C23H29NO9. The zero-order valence-corrected chi connectivity index (χ0v) is 19.5. The van der Waals surface area contributed by atoms with Crippen molar-refractivity contribution in [1.82, 2.24) is 0 Å². The van der Waals surface area contributed by atoms with E-state index < -0.39 is 35.7 Å². The molecule has 1 heterocycles. The molecule has 0 saturated heterocycles. The first-order valence-corrected chi connectivity index (χ1v) is 10.1. The molecule has 3 N–H and O–H groups in total. The molecule has 0 spiro atoms. The maximum absolute atomic E-state index is 12.4. The van der Waals surface area contributed by atoms with Gasteiger partial charge in [0.2, 0.25) is 0 Å². The molecule has 1 aromatic heterocycles. The van der Waals surface area contributed by atoms with Gasteiger partial charge in [-0.25, -0.2) is 14.4 Å². The molecule has 0 aliphatic carbocycles. The average Bonchev–Trinajstić information content (AvgIpc) is 3.18. The summed E-state index contributed by atoms with van der Waals surface area (Å²) in [5, 5.41) is 23.2. The summed E-state index contributed by atoms with van der Waals surface area (Å²) in [4.78, 5) is 36.4. The van der Waals surface area contributed by atoms with Crippen LogP contribution in [0.2, 0.25) is 0 Å². The number of aliphatic hydroxyl groups is 1. The van der Waals surface area contributed by atoms with Gasteiger partial charge in [0.1, 0.15) is 34.9 Å². The summed E-state index contributed by atoms with van der Waals surface area (Å²) in [6.45, 7) is 7.60. The Kier molecular flexibility index (Phi) is 7.76. The molecule has 0 unspecified atom stereocenters. The highest BCUT2D eigenvalue weighted by molar-refractivity contribution is 6.29. The largest absolute Gasteiger partial charge is 0.506 e. The van der Waals surface area contributed by atoms with Gasteiger partial charge in [-0.3, -0.25) is 0 Å². The molecule has 0 saturated carbocycles. The Morgan fingerprint density at radius 1 is 1.00 bits per heavy atom. The normalized spacial score (nSPS) is 11.6. The number of carbonyl (C=O) groups is 3. The van der Waals surface area contributed by atoms with E-state index in [0.29, 0.717) is 5.56 Å². The Morgan fingerprint density at radius 3 is 2.21 bits per heavy atom. The second-order valence-electron chi connectivity index (χ2n) is 8.80. The fourth-order valence-corrected chi connectivity index (χ4v) is 2.92. The second kappa shape index (κ2) is 9.95. The Bertz CT molecular complexity index is 1030. The van der Waals surface area contributed by atoms with Crippen LogP contribution in [0.1, 0.15) is 50.7 Å². The molecule has 180 valence electrons. The molecule has 0 aliphatic heterocycles. The molecule has 0 aliphatic rings. The SMILES string of the molecule is COC(=O)c1c(NCC(C)(C)OC(=O)C(=O)OC(C)(C)C)ccc(-c2ccoc2CO)c1O. The highest BCUT2D eigenvalue weighted by Crippen LogP contribution is 2.39. The van der Waals surface area contributed by atoms with E-state index in [0.717, 1.165) is 0 Å². The standard InChI is InChI=1S/C23H29NO9/c1-22(2,3)32-20(28)21(29)33-23(4,5)12-24-15-8-7-14(13-9-10-31-16(13)11-25)18(26)17(15)19(27)30-6/h7-10,24-26H,11-12H2,1-6H3. The predicted octanol–water partition coefficient (Wildman–Crippen LogP) is 3.01. The van der Waals surface area contributed by atoms with Crippen molar-refractivity contribution in [2.45, 2.75) is 52.4 Å². The number of benzene rings is 1. The predicted molar refractivity (Wildman–Crippen MR) is 118 cm³/mol. The van der Waals surface area contributed by atoms with Gasteiger partial charge in [0, 0.05) is 11.1 Å². The molecule has 0 amide bonds. The van der Waals surface area contributed by atoms with E-state index in [9.17, 15) is 24.6 Å². The number of nitrogens with one attached hydrogen (secondary N) is 1. The van der Waals surface area contributed by atoms with E-state index >= 15 is 0 Å². The summed E-state index contributed by atoms with van der Waals surface area (Å²) >= 11 is 0. The van der Waals surface area contributed by atoms with Crippen molar-refractivity contribution in [1.29, 1.82) is 0 Å². The summed E-state index contributed by atoms with van der Waals surface area (Å²) in [7, 11) is 1.17.